The zero-order valence-electron chi connectivity index (χ0n) is 11.1. The molecule has 0 saturated carbocycles. The van der Waals surface area contributed by atoms with Gasteiger partial charge in [-0.05, 0) is 36.8 Å². The molecule has 0 aromatic heterocycles. The molecule has 1 fully saturated rings. The molecule has 1 saturated heterocycles. The molecule has 94 valence electrons. The first kappa shape index (κ1) is 12.4. The maximum Gasteiger partial charge on any atom is 0.0441 e. The van der Waals surface area contributed by atoms with Gasteiger partial charge in [-0.3, -0.25) is 0 Å². The molecule has 0 aliphatic carbocycles. The number of rotatable bonds is 4. The Bertz CT molecular complexity index is 373. The first-order valence-electron chi connectivity index (χ1n) is 6.79. The second-order valence-electron chi connectivity index (χ2n) is 5.18. The van der Waals surface area contributed by atoms with Crippen molar-refractivity contribution < 1.29 is 0 Å². The van der Waals surface area contributed by atoms with Gasteiger partial charge >= 0.3 is 0 Å². The molecule has 17 heavy (non-hydrogen) atoms. The van der Waals surface area contributed by atoms with Crippen LogP contribution in [0.1, 0.15) is 37.3 Å². The molecule has 0 radical (unpaired) electrons. The predicted molar refractivity (Wildman–Crippen MR) is 74.3 cm³/mol. The molecule has 1 atom stereocenters. The second kappa shape index (κ2) is 5.54. The zero-order valence-corrected chi connectivity index (χ0v) is 11.1. The van der Waals surface area contributed by atoms with Crippen LogP contribution in [0.15, 0.2) is 18.2 Å². The van der Waals surface area contributed by atoms with Crippen molar-refractivity contribution in [2.24, 2.45) is 11.7 Å². The standard InChI is InChI=1S/C15H24N2/c1-3-5-13-8-9-17(11-13)15-12(2)6-4-7-14(15)10-16/h4,6-7,13H,3,5,8-11,16H2,1-2H3. The number of benzene rings is 1. The van der Waals surface area contributed by atoms with Crippen molar-refractivity contribution in [2.75, 3.05) is 18.0 Å². The molecule has 1 unspecified atom stereocenters. The minimum atomic E-state index is 0.645. The largest absolute Gasteiger partial charge is 0.371 e. The van der Waals surface area contributed by atoms with E-state index in [-0.39, 0.29) is 0 Å². The van der Waals surface area contributed by atoms with E-state index in [0.29, 0.717) is 6.54 Å². The van der Waals surface area contributed by atoms with Crippen molar-refractivity contribution >= 4 is 5.69 Å². The minimum absolute atomic E-state index is 0.645. The Morgan fingerprint density at radius 3 is 2.94 bits per heavy atom. The number of aryl methyl sites for hydroxylation is 1. The molecule has 1 aromatic carbocycles. The van der Waals surface area contributed by atoms with Crippen LogP contribution < -0.4 is 10.6 Å². The van der Waals surface area contributed by atoms with Crippen molar-refractivity contribution in [3.63, 3.8) is 0 Å². The fraction of sp³-hybridized carbons (Fsp3) is 0.600. The molecule has 1 heterocycles. The Kier molecular flexibility index (Phi) is 4.06. The Morgan fingerprint density at radius 2 is 2.24 bits per heavy atom. The number of anilines is 1. The van der Waals surface area contributed by atoms with Crippen LogP contribution in [-0.4, -0.2) is 13.1 Å². The van der Waals surface area contributed by atoms with Gasteiger partial charge in [0.15, 0.2) is 0 Å². The van der Waals surface area contributed by atoms with Crippen LogP contribution in [0.2, 0.25) is 0 Å². The molecule has 1 aliphatic heterocycles. The third-order valence-electron chi connectivity index (χ3n) is 3.84. The van der Waals surface area contributed by atoms with Gasteiger partial charge in [0.2, 0.25) is 0 Å². The summed E-state index contributed by atoms with van der Waals surface area (Å²) in [4.78, 5) is 2.54. The van der Waals surface area contributed by atoms with Gasteiger partial charge in [0.25, 0.3) is 0 Å². The lowest BCUT2D eigenvalue weighted by Crippen LogP contribution is -2.22. The van der Waals surface area contributed by atoms with E-state index >= 15 is 0 Å². The summed E-state index contributed by atoms with van der Waals surface area (Å²) in [6, 6.07) is 6.47. The van der Waals surface area contributed by atoms with Gasteiger partial charge in [-0.15, -0.1) is 0 Å². The molecule has 0 spiro atoms. The Hall–Kier alpha value is -1.02. The van der Waals surface area contributed by atoms with Gasteiger partial charge in [-0.1, -0.05) is 31.5 Å². The van der Waals surface area contributed by atoms with Crippen LogP contribution in [0.25, 0.3) is 0 Å². The lowest BCUT2D eigenvalue weighted by atomic mass is 10.0. The molecule has 1 aliphatic rings. The number of nitrogens with two attached hydrogens (primary N) is 1. The maximum absolute atomic E-state index is 5.85. The van der Waals surface area contributed by atoms with E-state index in [9.17, 15) is 0 Å². The fourth-order valence-corrected chi connectivity index (χ4v) is 3.02. The lowest BCUT2D eigenvalue weighted by Gasteiger charge is -2.24. The lowest BCUT2D eigenvalue weighted by molar-refractivity contribution is 0.529. The summed E-state index contributed by atoms with van der Waals surface area (Å²) in [5.41, 5.74) is 9.91. The van der Waals surface area contributed by atoms with Gasteiger partial charge in [-0.25, -0.2) is 0 Å². The van der Waals surface area contributed by atoms with Gasteiger partial charge in [-0.2, -0.15) is 0 Å². The van der Waals surface area contributed by atoms with E-state index in [2.05, 4.69) is 36.9 Å². The van der Waals surface area contributed by atoms with Crippen molar-refractivity contribution in [3.8, 4) is 0 Å². The Balaban J connectivity index is 2.18. The summed E-state index contributed by atoms with van der Waals surface area (Å²) in [5.74, 6) is 0.880. The van der Waals surface area contributed by atoms with Gasteiger partial charge in [0, 0.05) is 25.3 Å². The highest BCUT2D eigenvalue weighted by Gasteiger charge is 2.24. The molecule has 2 nitrogen and oxygen atoms in total. The molecule has 0 bridgehead atoms. The molecule has 1 aromatic rings. The van der Waals surface area contributed by atoms with Crippen molar-refractivity contribution in [2.45, 2.75) is 39.7 Å². The smallest absolute Gasteiger partial charge is 0.0441 e. The van der Waals surface area contributed by atoms with Crippen LogP contribution in [0, 0.1) is 12.8 Å². The number of hydrogen-bond acceptors (Lipinski definition) is 2. The summed E-state index contributed by atoms with van der Waals surface area (Å²) in [7, 11) is 0. The highest BCUT2D eigenvalue weighted by atomic mass is 15.2. The minimum Gasteiger partial charge on any atom is -0.371 e. The van der Waals surface area contributed by atoms with Crippen LogP contribution in [0.4, 0.5) is 5.69 Å². The third kappa shape index (κ3) is 2.63. The summed E-state index contributed by atoms with van der Waals surface area (Å²) >= 11 is 0. The van der Waals surface area contributed by atoms with Crippen LogP contribution in [-0.2, 0) is 6.54 Å². The number of para-hydroxylation sites is 1. The number of hydrogen-bond donors (Lipinski definition) is 1. The maximum atomic E-state index is 5.85. The van der Waals surface area contributed by atoms with E-state index in [1.807, 2.05) is 0 Å². The highest BCUT2D eigenvalue weighted by molar-refractivity contribution is 5.60. The van der Waals surface area contributed by atoms with Crippen LogP contribution in [0.5, 0.6) is 0 Å². The van der Waals surface area contributed by atoms with Crippen molar-refractivity contribution in [1.29, 1.82) is 0 Å². The third-order valence-corrected chi connectivity index (χ3v) is 3.84. The quantitative estimate of drug-likeness (QED) is 0.864. The molecule has 2 heteroatoms. The summed E-state index contributed by atoms with van der Waals surface area (Å²) < 4.78 is 0. The first-order valence-corrected chi connectivity index (χ1v) is 6.79. The van der Waals surface area contributed by atoms with Gasteiger partial charge < -0.3 is 10.6 Å². The van der Waals surface area contributed by atoms with Gasteiger partial charge in [0.05, 0.1) is 0 Å². The highest BCUT2D eigenvalue weighted by Crippen LogP contribution is 2.31. The number of nitrogens with zero attached hydrogens (tertiary/aromatic N) is 1. The average Bonchev–Trinajstić information content (AvgIpc) is 2.77. The monoisotopic (exact) mass is 232 g/mol. The average molecular weight is 232 g/mol. The van der Waals surface area contributed by atoms with E-state index < -0.39 is 0 Å². The Morgan fingerprint density at radius 1 is 1.41 bits per heavy atom. The molecule has 0 amide bonds. The molecule has 2 N–H and O–H groups in total. The van der Waals surface area contributed by atoms with Gasteiger partial charge in [0.1, 0.15) is 0 Å². The van der Waals surface area contributed by atoms with Crippen molar-refractivity contribution in [3.05, 3.63) is 29.3 Å². The van der Waals surface area contributed by atoms with Crippen LogP contribution >= 0.6 is 0 Å². The first-order chi connectivity index (χ1) is 8.26. The van der Waals surface area contributed by atoms with E-state index in [0.717, 1.165) is 5.92 Å². The van der Waals surface area contributed by atoms with E-state index in [1.54, 1.807) is 0 Å². The Labute approximate surface area is 105 Å². The second-order valence-corrected chi connectivity index (χ2v) is 5.18. The molecular weight excluding hydrogens is 208 g/mol. The SMILES string of the molecule is CCCC1CCN(c2c(C)cccc2CN)C1. The topological polar surface area (TPSA) is 29.3 Å². The summed E-state index contributed by atoms with van der Waals surface area (Å²) in [6.45, 7) is 7.53. The van der Waals surface area contributed by atoms with E-state index in [1.165, 1.54) is 49.2 Å². The fourth-order valence-electron chi connectivity index (χ4n) is 3.02. The normalized spacial score (nSPS) is 19.9. The van der Waals surface area contributed by atoms with Crippen LogP contribution in [0.3, 0.4) is 0 Å². The zero-order chi connectivity index (χ0) is 12.3. The van der Waals surface area contributed by atoms with Crippen molar-refractivity contribution in [1.82, 2.24) is 0 Å². The summed E-state index contributed by atoms with van der Waals surface area (Å²) in [6.07, 6.45) is 4.00. The van der Waals surface area contributed by atoms with E-state index in [4.69, 9.17) is 5.73 Å². The molecule has 2 rings (SSSR count). The summed E-state index contributed by atoms with van der Waals surface area (Å²) in [5, 5.41) is 0. The predicted octanol–water partition coefficient (Wildman–Crippen LogP) is 3.08. The molecular formula is C15H24N2.